The van der Waals surface area contributed by atoms with Gasteiger partial charge in [-0.2, -0.15) is 4.31 Å². The van der Waals surface area contributed by atoms with Crippen molar-refractivity contribution in [1.29, 1.82) is 0 Å². The van der Waals surface area contributed by atoms with Crippen LogP contribution in [0.5, 0.6) is 0 Å². The number of sulfonamides is 1. The first kappa shape index (κ1) is 14.3. The molecule has 0 bridgehead atoms. The van der Waals surface area contributed by atoms with E-state index in [0.29, 0.717) is 24.4 Å². The Morgan fingerprint density at radius 2 is 2.05 bits per heavy atom. The van der Waals surface area contributed by atoms with E-state index in [2.05, 4.69) is 5.32 Å². The molecule has 1 unspecified atom stereocenters. The molecule has 0 amide bonds. The van der Waals surface area contributed by atoms with Crippen molar-refractivity contribution in [2.24, 2.45) is 5.92 Å². The zero-order valence-corrected chi connectivity index (χ0v) is 11.9. The lowest BCUT2D eigenvalue weighted by Gasteiger charge is -2.16. The van der Waals surface area contributed by atoms with Crippen molar-refractivity contribution in [3.63, 3.8) is 0 Å². The van der Waals surface area contributed by atoms with Gasteiger partial charge in [0.15, 0.2) is 0 Å². The summed E-state index contributed by atoms with van der Waals surface area (Å²) in [5.41, 5.74) is 0.888. The molecule has 0 saturated carbocycles. The fourth-order valence-corrected chi connectivity index (χ4v) is 3.91. The highest BCUT2D eigenvalue weighted by atomic mass is 32.2. The summed E-state index contributed by atoms with van der Waals surface area (Å²) in [4.78, 5) is 0.330. The molecule has 5 nitrogen and oxygen atoms in total. The van der Waals surface area contributed by atoms with E-state index in [9.17, 15) is 8.42 Å². The first-order valence-electron chi connectivity index (χ1n) is 6.46. The molecule has 1 aromatic carbocycles. The van der Waals surface area contributed by atoms with Gasteiger partial charge in [0.05, 0.1) is 4.90 Å². The Labute approximate surface area is 114 Å². The number of benzene rings is 1. The summed E-state index contributed by atoms with van der Waals surface area (Å²) in [6.07, 6.45) is 1.50. The maximum Gasteiger partial charge on any atom is 0.243 e. The van der Waals surface area contributed by atoms with Crippen LogP contribution < -0.4 is 5.32 Å². The van der Waals surface area contributed by atoms with Gasteiger partial charge >= 0.3 is 0 Å². The highest BCUT2D eigenvalue weighted by Gasteiger charge is 2.31. The summed E-state index contributed by atoms with van der Waals surface area (Å²) < 4.78 is 26.4. The first-order valence-corrected chi connectivity index (χ1v) is 7.90. The third-order valence-corrected chi connectivity index (χ3v) is 5.45. The van der Waals surface area contributed by atoms with Gasteiger partial charge in [-0.15, -0.1) is 0 Å². The molecule has 0 radical (unpaired) electrons. The summed E-state index contributed by atoms with van der Waals surface area (Å²) in [7, 11) is -1.60. The number of hydrogen-bond donors (Lipinski definition) is 2. The van der Waals surface area contributed by atoms with Crippen molar-refractivity contribution < 1.29 is 13.5 Å². The van der Waals surface area contributed by atoms with Gasteiger partial charge in [-0.1, -0.05) is 0 Å². The van der Waals surface area contributed by atoms with E-state index in [-0.39, 0.29) is 12.5 Å². The molecule has 19 heavy (non-hydrogen) atoms. The maximum absolute atomic E-state index is 12.4. The Morgan fingerprint density at radius 3 is 2.63 bits per heavy atom. The Bertz CT molecular complexity index is 513. The summed E-state index contributed by atoms with van der Waals surface area (Å²) in [5.74, 6) is 0.274. The average Bonchev–Trinajstić information content (AvgIpc) is 2.89. The van der Waals surface area contributed by atoms with E-state index in [0.717, 1.165) is 12.1 Å². The third-order valence-electron chi connectivity index (χ3n) is 3.57. The number of rotatable bonds is 5. The zero-order valence-electron chi connectivity index (χ0n) is 11.0. The molecule has 1 heterocycles. The quantitative estimate of drug-likeness (QED) is 0.850. The van der Waals surface area contributed by atoms with Crippen molar-refractivity contribution in [2.75, 3.05) is 32.1 Å². The number of anilines is 1. The molecule has 1 saturated heterocycles. The van der Waals surface area contributed by atoms with Crippen LogP contribution in [0, 0.1) is 5.92 Å². The van der Waals surface area contributed by atoms with Crippen LogP contribution in [0.4, 0.5) is 5.69 Å². The van der Waals surface area contributed by atoms with Crippen LogP contribution in [0.2, 0.25) is 0 Å². The van der Waals surface area contributed by atoms with Crippen LogP contribution in [0.1, 0.15) is 12.8 Å². The van der Waals surface area contributed by atoms with Gasteiger partial charge in [0.2, 0.25) is 10.0 Å². The Balaban J connectivity index is 2.13. The Kier molecular flexibility index (Phi) is 4.44. The largest absolute Gasteiger partial charge is 0.396 e. The molecule has 0 spiro atoms. The predicted molar refractivity (Wildman–Crippen MR) is 74.6 cm³/mol. The fourth-order valence-electron chi connectivity index (χ4n) is 2.38. The average molecular weight is 284 g/mol. The fraction of sp³-hybridized carbons (Fsp3) is 0.538. The molecule has 2 rings (SSSR count). The summed E-state index contributed by atoms with van der Waals surface area (Å²) in [6.45, 7) is 1.17. The molecule has 6 heteroatoms. The zero-order chi connectivity index (χ0) is 13.9. The van der Waals surface area contributed by atoms with Crippen molar-refractivity contribution >= 4 is 15.7 Å². The molecule has 1 fully saturated rings. The van der Waals surface area contributed by atoms with E-state index < -0.39 is 10.0 Å². The first-order chi connectivity index (χ1) is 9.07. The number of nitrogens with zero attached hydrogens (tertiary/aromatic N) is 1. The maximum atomic E-state index is 12.4. The molecule has 0 aliphatic carbocycles. The minimum absolute atomic E-state index is 0.120. The van der Waals surface area contributed by atoms with Crippen LogP contribution in [-0.2, 0) is 10.0 Å². The second-order valence-corrected chi connectivity index (χ2v) is 6.74. The van der Waals surface area contributed by atoms with Crippen LogP contribution in [0.25, 0.3) is 0 Å². The Hall–Kier alpha value is -1.11. The van der Waals surface area contributed by atoms with Gasteiger partial charge in [0, 0.05) is 32.4 Å². The normalized spacial score (nSPS) is 20.6. The minimum Gasteiger partial charge on any atom is -0.396 e. The molecule has 0 aromatic heterocycles. The second kappa shape index (κ2) is 5.90. The van der Waals surface area contributed by atoms with Crippen LogP contribution in [0.3, 0.4) is 0 Å². The van der Waals surface area contributed by atoms with Gasteiger partial charge in [-0.05, 0) is 43.0 Å². The molecule has 1 aromatic rings. The summed E-state index contributed by atoms with van der Waals surface area (Å²) in [6, 6.07) is 6.77. The standard InChI is InChI=1S/C13H20N2O3S/c1-14-12-2-4-13(5-3-12)19(17,18)15-8-6-11(10-15)7-9-16/h2-5,11,14,16H,6-10H2,1H3. The smallest absolute Gasteiger partial charge is 0.243 e. The predicted octanol–water partition coefficient (Wildman–Crippen LogP) is 1.12. The monoisotopic (exact) mass is 284 g/mol. The van der Waals surface area contributed by atoms with E-state index in [4.69, 9.17) is 5.11 Å². The number of aliphatic hydroxyl groups excluding tert-OH is 1. The van der Waals surface area contributed by atoms with Crippen LogP contribution in [0.15, 0.2) is 29.2 Å². The molecule has 106 valence electrons. The molecular weight excluding hydrogens is 264 g/mol. The SMILES string of the molecule is CNc1ccc(S(=O)(=O)N2CCC(CCO)C2)cc1. The van der Waals surface area contributed by atoms with Crippen molar-refractivity contribution in [3.8, 4) is 0 Å². The van der Waals surface area contributed by atoms with E-state index in [1.807, 2.05) is 0 Å². The molecule has 2 N–H and O–H groups in total. The lowest BCUT2D eigenvalue weighted by Crippen LogP contribution is -2.29. The minimum atomic E-state index is -3.39. The molecule has 1 aliphatic rings. The van der Waals surface area contributed by atoms with Crippen LogP contribution >= 0.6 is 0 Å². The summed E-state index contributed by atoms with van der Waals surface area (Å²) >= 11 is 0. The van der Waals surface area contributed by atoms with E-state index >= 15 is 0 Å². The highest BCUT2D eigenvalue weighted by Crippen LogP contribution is 2.26. The van der Waals surface area contributed by atoms with Crippen molar-refractivity contribution in [1.82, 2.24) is 4.31 Å². The van der Waals surface area contributed by atoms with Gasteiger partial charge in [0.25, 0.3) is 0 Å². The summed E-state index contributed by atoms with van der Waals surface area (Å²) in [5, 5.41) is 11.9. The van der Waals surface area contributed by atoms with Gasteiger partial charge in [0.1, 0.15) is 0 Å². The lowest BCUT2D eigenvalue weighted by atomic mass is 10.1. The lowest BCUT2D eigenvalue weighted by molar-refractivity contribution is 0.259. The molecular formula is C13H20N2O3S. The van der Waals surface area contributed by atoms with Gasteiger partial charge in [-0.3, -0.25) is 0 Å². The highest BCUT2D eigenvalue weighted by molar-refractivity contribution is 7.89. The van der Waals surface area contributed by atoms with E-state index in [1.165, 1.54) is 4.31 Å². The number of hydrogen-bond acceptors (Lipinski definition) is 4. The Morgan fingerprint density at radius 1 is 1.37 bits per heavy atom. The molecule has 1 atom stereocenters. The van der Waals surface area contributed by atoms with Gasteiger partial charge in [-0.25, -0.2) is 8.42 Å². The van der Waals surface area contributed by atoms with Crippen LogP contribution in [-0.4, -0.2) is 44.6 Å². The third kappa shape index (κ3) is 3.08. The number of aliphatic hydroxyl groups is 1. The van der Waals surface area contributed by atoms with Crippen molar-refractivity contribution in [2.45, 2.75) is 17.7 Å². The van der Waals surface area contributed by atoms with Gasteiger partial charge < -0.3 is 10.4 Å². The second-order valence-electron chi connectivity index (χ2n) is 4.80. The van der Waals surface area contributed by atoms with Crippen molar-refractivity contribution in [3.05, 3.63) is 24.3 Å². The van der Waals surface area contributed by atoms with E-state index in [1.54, 1.807) is 31.3 Å². The molecule has 1 aliphatic heterocycles. The topological polar surface area (TPSA) is 69.6 Å². The number of nitrogens with one attached hydrogen (secondary N) is 1.